The number of allylic oxidation sites excluding steroid dienone is 2. The molecule has 0 spiro atoms. The number of nitrogens with two attached hydrogens (primary N) is 2. The molecule has 23 N–H and O–H groups in total. The van der Waals surface area contributed by atoms with Gasteiger partial charge in [0.15, 0.2) is 28.9 Å². The van der Waals surface area contributed by atoms with E-state index in [-0.39, 0.29) is 126 Å². The lowest BCUT2D eigenvalue weighted by atomic mass is 9.80. The van der Waals surface area contributed by atoms with Gasteiger partial charge in [0.2, 0.25) is 64.5 Å². The van der Waals surface area contributed by atoms with Crippen molar-refractivity contribution in [1.82, 2.24) is 79.9 Å². The Labute approximate surface area is 764 Å². The zero-order valence-electron chi connectivity index (χ0n) is 76.6. The molecular formula is C93H137N17O21. The molecule has 38 nitrogen and oxygen atoms in total. The van der Waals surface area contributed by atoms with Crippen molar-refractivity contribution in [3.8, 4) is 5.75 Å². The van der Waals surface area contributed by atoms with E-state index in [1.54, 1.807) is 81.6 Å². The fourth-order valence-corrected chi connectivity index (χ4v) is 15.3. The van der Waals surface area contributed by atoms with Crippen LogP contribution in [0.3, 0.4) is 0 Å². The first-order valence-electron chi connectivity index (χ1n) is 45.3. The van der Waals surface area contributed by atoms with Crippen LogP contribution in [0.15, 0.2) is 97.2 Å². The molecule has 6 rings (SSSR count). The highest BCUT2D eigenvalue weighted by Crippen LogP contribution is 2.32. The molecule has 38 heteroatoms. The Morgan fingerprint density at radius 3 is 1.91 bits per heavy atom. The van der Waals surface area contributed by atoms with Gasteiger partial charge in [-0.25, -0.2) is 21.7 Å². The number of aliphatic hydroxyl groups excluding tert-OH is 2. The number of ketones is 9. The van der Waals surface area contributed by atoms with Crippen LogP contribution in [0.4, 0.5) is 0 Å². The summed E-state index contributed by atoms with van der Waals surface area (Å²) in [4.78, 5) is 243. The number of aliphatic hydroxyl groups is 2. The van der Waals surface area contributed by atoms with Gasteiger partial charge in [-0.05, 0) is 172 Å². The molecule has 131 heavy (non-hydrogen) atoms. The van der Waals surface area contributed by atoms with Crippen molar-refractivity contribution >= 4 is 110 Å². The van der Waals surface area contributed by atoms with Crippen molar-refractivity contribution in [2.24, 2.45) is 23.3 Å². The Morgan fingerprint density at radius 1 is 0.618 bits per heavy atom. The van der Waals surface area contributed by atoms with Crippen LogP contribution in [-0.4, -0.2) is 247 Å². The Balaban J connectivity index is 1.40. The van der Waals surface area contributed by atoms with Crippen LogP contribution in [-0.2, 0) is 101 Å². The first-order valence-corrected chi connectivity index (χ1v) is 45.3. The van der Waals surface area contributed by atoms with Crippen LogP contribution in [0.5, 0.6) is 5.75 Å². The monoisotopic (exact) mass is 1830 g/mol. The van der Waals surface area contributed by atoms with Gasteiger partial charge in [-0.3, -0.25) is 92.1 Å². The fraction of sp³-hybridized carbons (Fsp3) is 0.581. The van der Waals surface area contributed by atoms with Crippen molar-refractivity contribution in [3.05, 3.63) is 114 Å². The number of rotatable bonds is 40. The summed E-state index contributed by atoms with van der Waals surface area (Å²) in [6.07, 6.45) is 5.17. The summed E-state index contributed by atoms with van der Waals surface area (Å²) in [5, 5.41) is 71.0. The molecular weight excluding hydrogens is 1690 g/mol. The van der Waals surface area contributed by atoms with Gasteiger partial charge in [0.05, 0.1) is 80.6 Å². The predicted molar refractivity (Wildman–Crippen MR) is 487 cm³/mol. The van der Waals surface area contributed by atoms with Crippen LogP contribution in [0.2, 0.25) is 0 Å². The first kappa shape index (κ1) is 109. The number of phenols is 1. The number of H-pyrrole nitrogens is 1. The second-order valence-corrected chi connectivity index (χ2v) is 35.2. The van der Waals surface area contributed by atoms with Gasteiger partial charge in [-0.2, -0.15) is 0 Å². The SMILES string of the molecule is CC(=O)N[C@@H](CC(C)C)C(=O)C(=O)[C@@H](NN[C@@H](Cc1ccccc1)C(=O)N[C@]1(C)CCCCCCC=CCCC[C@@](C)(C(=O)N[C@@H](CO)C(=O)CN[C@@H](C)C(=O)CCN[C@@H](C)C(=O)CN)NC(=O)[C@H](CC2CCC2)NC(=O)[C@H](CCC(N)=O)NCN[C@@H](C)C(=O)CC(=O)[C@H](Cc2c[nH]c3ccccc23)NN[C@@H](Cc2ccc(O)cc2)C(=O)C(=O)[C@H](CCC(=O)O)NC1=O)[C@@H](C)O. The van der Waals surface area contributed by atoms with E-state index in [1.807, 2.05) is 12.2 Å². The van der Waals surface area contributed by atoms with Gasteiger partial charge in [-0.15, -0.1) is 0 Å². The summed E-state index contributed by atoms with van der Waals surface area (Å²) in [6, 6.07) is 4.97. The van der Waals surface area contributed by atoms with Crippen molar-refractivity contribution in [1.29, 1.82) is 0 Å². The number of nitrogens with one attached hydrogen (secondary N) is 15. The number of aromatic nitrogens is 1. The number of primary amides is 1. The van der Waals surface area contributed by atoms with Crippen LogP contribution in [0, 0.1) is 11.8 Å². The lowest BCUT2D eigenvalue weighted by molar-refractivity contribution is -0.143. The zero-order chi connectivity index (χ0) is 96.7. The summed E-state index contributed by atoms with van der Waals surface area (Å²) in [6.45, 7) is 11.6. The maximum atomic E-state index is 15.6. The van der Waals surface area contributed by atoms with E-state index in [4.69, 9.17) is 11.5 Å². The van der Waals surface area contributed by atoms with E-state index in [2.05, 4.69) is 79.9 Å². The molecule has 1 saturated carbocycles. The zero-order valence-corrected chi connectivity index (χ0v) is 76.6. The molecule has 0 bridgehead atoms. The van der Waals surface area contributed by atoms with Crippen LogP contribution in [0.25, 0.3) is 10.9 Å². The van der Waals surface area contributed by atoms with Crippen LogP contribution in [0.1, 0.15) is 207 Å². The molecule has 15 atom stereocenters. The molecule has 4 aromatic rings. The summed E-state index contributed by atoms with van der Waals surface area (Å²) in [5.74, 6) is -15.0. The minimum absolute atomic E-state index is 0.0174. The first-order chi connectivity index (χ1) is 62.2. The Morgan fingerprint density at radius 2 is 1.27 bits per heavy atom. The van der Waals surface area contributed by atoms with Gasteiger partial charge < -0.3 is 79.4 Å². The molecule has 720 valence electrons. The summed E-state index contributed by atoms with van der Waals surface area (Å²) in [7, 11) is 0. The molecule has 0 unspecified atom stereocenters. The number of aromatic hydroxyl groups is 1. The lowest BCUT2D eigenvalue weighted by Crippen LogP contribution is -2.65. The van der Waals surface area contributed by atoms with Gasteiger partial charge in [-0.1, -0.05) is 125 Å². The number of hydrazine groups is 2. The minimum Gasteiger partial charge on any atom is -0.508 e. The third-order valence-corrected chi connectivity index (χ3v) is 23.8. The fourth-order valence-electron chi connectivity index (χ4n) is 15.3. The largest absolute Gasteiger partial charge is 0.508 e. The summed E-state index contributed by atoms with van der Waals surface area (Å²) in [5.41, 5.74) is 20.6. The maximum absolute atomic E-state index is 15.6. The Hall–Kier alpha value is -10.9. The van der Waals surface area contributed by atoms with Gasteiger partial charge in [0.1, 0.15) is 41.0 Å². The number of aliphatic carboxylic acids is 1. The smallest absolute Gasteiger partial charge is 0.303 e. The lowest BCUT2D eigenvalue weighted by Gasteiger charge is -2.35. The van der Waals surface area contributed by atoms with Crippen molar-refractivity contribution < 1.29 is 102 Å². The Kier molecular flexibility index (Phi) is 45.5. The number of fused-ring (bicyclic) bond motifs is 1. The molecule has 7 amide bonds. The molecule has 2 aliphatic rings. The molecule has 0 radical (unpaired) electrons. The molecule has 1 aliphatic carbocycles. The van der Waals surface area contributed by atoms with E-state index in [1.165, 1.54) is 65.8 Å². The number of benzene rings is 3. The van der Waals surface area contributed by atoms with Crippen LogP contribution >= 0.6 is 0 Å². The van der Waals surface area contributed by atoms with Crippen molar-refractivity contribution in [3.63, 3.8) is 0 Å². The number of carbonyl (C=O) groups excluding carboxylic acids is 16. The number of carbonyl (C=O) groups is 17. The molecule has 1 fully saturated rings. The number of aromatic amines is 1. The highest BCUT2D eigenvalue weighted by Gasteiger charge is 2.44. The number of phenolic OH excluding ortho intramolecular Hbond substituents is 1. The second-order valence-electron chi connectivity index (χ2n) is 35.2. The number of hydrogen-bond acceptors (Lipinski definition) is 29. The third kappa shape index (κ3) is 36.3. The van der Waals surface area contributed by atoms with E-state index in [0.717, 1.165) is 6.42 Å². The average Bonchev–Trinajstić information content (AvgIpc) is 1.68. The van der Waals surface area contributed by atoms with E-state index < -0.39 is 210 Å². The summed E-state index contributed by atoms with van der Waals surface area (Å²) < 4.78 is 0. The molecule has 1 aromatic heterocycles. The van der Waals surface area contributed by atoms with Gasteiger partial charge >= 0.3 is 5.97 Å². The van der Waals surface area contributed by atoms with Gasteiger partial charge in [0, 0.05) is 56.5 Å². The normalized spacial score (nSPS) is 22.7. The molecule has 3 aromatic carbocycles. The number of carboxylic acid groups (broad SMARTS) is 1. The molecule has 1 aliphatic heterocycles. The number of para-hydroxylation sites is 1. The number of amides is 7. The summed E-state index contributed by atoms with van der Waals surface area (Å²) >= 11 is 0. The second kappa shape index (κ2) is 54.8. The standard InChI is InChI=1S/C93H137N17O21/c1-54(2)43-70(101-59(7)113)84(124)86(126)82(58(6)112)110-109-73(46-60-25-18-17-19-26-60)89(129)106-92(8)40-22-15-13-11-10-12-14-16-23-41-93(9,91(131)104-74(52-111)79(119)51-97-55(3)75(115)39-42-96-57(5)78(118)49-94)105-88(128)72(45-61-27-24-28-61)102-87(127)68(35-37-80(95)120)100-53-99-56(4)76(116)48-77(117)69(47-63-50-98-66-30-21-20-29-65(63)66)107-108-71(44-62-31-33-64(114)34-32-62)85(125)83(123)67(103-90(92)130)36-38-81(121)122/h12,14,17-21,25-26,29-34,50,54-58,61,67-74,82,96-100,107-112,114H,10-11,13,15-16,22-24,27-28,35-49,51-53,94H2,1-9H3,(H2,95,120)(H,101,113)(H,102,127)(H,103,130)(H,104,131)(H,105,128)(H,106,129)(H,121,122)/t55-,56-,57-,58+,67-,68-,69-,70-,71-,72-,73-,74-,82-,92+,93-/m0/s1. The molecule has 2 heterocycles. The van der Waals surface area contributed by atoms with Gasteiger partial charge in [0.25, 0.3) is 0 Å². The number of Topliss-reactive ketones (excluding diaryl/α,β-unsaturated/α-hetero) is 9. The number of carboxylic acids is 1. The average molecular weight is 1830 g/mol. The van der Waals surface area contributed by atoms with E-state index >= 15 is 24.0 Å². The highest BCUT2D eigenvalue weighted by molar-refractivity contribution is 6.42. The van der Waals surface area contributed by atoms with Crippen LogP contribution < -0.4 is 86.3 Å². The van der Waals surface area contributed by atoms with E-state index in [9.17, 15) is 78.0 Å². The maximum Gasteiger partial charge on any atom is 0.303 e. The predicted octanol–water partition coefficient (Wildman–Crippen LogP) is 0.804. The highest BCUT2D eigenvalue weighted by atomic mass is 16.4. The quantitative estimate of drug-likeness (QED) is 0.0127. The topological polar surface area (TPSA) is 607 Å². The Bertz CT molecular complexity index is 4580. The minimum atomic E-state index is -2.06. The van der Waals surface area contributed by atoms with Crippen molar-refractivity contribution in [2.75, 3.05) is 32.9 Å². The number of hydrogen-bond donors (Lipinski definition) is 21. The van der Waals surface area contributed by atoms with Crippen molar-refractivity contribution in [2.45, 2.75) is 300 Å². The van der Waals surface area contributed by atoms with E-state index in [0.29, 0.717) is 72.5 Å². The molecule has 0 saturated heterocycles. The third-order valence-electron chi connectivity index (χ3n) is 23.8.